The van der Waals surface area contributed by atoms with E-state index in [2.05, 4.69) is 11.9 Å². The summed E-state index contributed by atoms with van der Waals surface area (Å²) in [7, 11) is 3.23. The SMILES string of the molecule is C=C(Cl)COc1c(Cl)cc(CNCCOC)cc1OC. The molecule has 0 aromatic heterocycles. The molecule has 0 aliphatic rings. The molecule has 0 amide bonds. The van der Waals surface area contributed by atoms with Crippen molar-refractivity contribution < 1.29 is 14.2 Å². The summed E-state index contributed by atoms with van der Waals surface area (Å²) in [5.41, 5.74) is 1.00. The lowest BCUT2D eigenvalue weighted by molar-refractivity contribution is 0.199. The average Bonchev–Trinajstić information content (AvgIpc) is 2.41. The van der Waals surface area contributed by atoms with Crippen molar-refractivity contribution in [1.29, 1.82) is 0 Å². The van der Waals surface area contributed by atoms with Crippen LogP contribution in [0.25, 0.3) is 0 Å². The summed E-state index contributed by atoms with van der Waals surface area (Å²) in [4.78, 5) is 0. The topological polar surface area (TPSA) is 39.7 Å². The van der Waals surface area contributed by atoms with Crippen molar-refractivity contribution in [1.82, 2.24) is 5.32 Å². The molecule has 0 saturated carbocycles. The third-order valence-electron chi connectivity index (χ3n) is 2.47. The molecule has 0 heterocycles. The Morgan fingerprint density at radius 1 is 1.35 bits per heavy atom. The Morgan fingerprint density at radius 2 is 2.10 bits per heavy atom. The van der Waals surface area contributed by atoms with E-state index in [1.807, 2.05) is 12.1 Å². The molecule has 112 valence electrons. The first-order valence-electron chi connectivity index (χ1n) is 6.10. The van der Waals surface area contributed by atoms with Crippen molar-refractivity contribution >= 4 is 23.2 Å². The van der Waals surface area contributed by atoms with Gasteiger partial charge >= 0.3 is 0 Å². The predicted molar refractivity (Wildman–Crippen MR) is 82.1 cm³/mol. The first-order valence-corrected chi connectivity index (χ1v) is 6.86. The summed E-state index contributed by atoms with van der Waals surface area (Å²) in [6, 6.07) is 3.70. The monoisotopic (exact) mass is 319 g/mol. The molecule has 1 N–H and O–H groups in total. The highest BCUT2D eigenvalue weighted by molar-refractivity contribution is 6.32. The molecule has 1 rings (SSSR count). The van der Waals surface area contributed by atoms with Gasteiger partial charge in [-0.05, 0) is 17.7 Å². The van der Waals surface area contributed by atoms with Crippen LogP contribution in [0.1, 0.15) is 5.56 Å². The molecule has 1 aromatic carbocycles. The highest BCUT2D eigenvalue weighted by atomic mass is 35.5. The molecule has 4 nitrogen and oxygen atoms in total. The Kier molecular flexibility index (Phi) is 7.77. The molecular weight excluding hydrogens is 301 g/mol. The lowest BCUT2D eigenvalue weighted by atomic mass is 10.2. The number of nitrogens with one attached hydrogen (secondary N) is 1. The lowest BCUT2D eigenvalue weighted by Crippen LogP contribution is -2.18. The number of methoxy groups -OCH3 is 2. The molecule has 0 bridgehead atoms. The van der Waals surface area contributed by atoms with Crippen molar-refractivity contribution in [3.05, 3.63) is 34.3 Å². The summed E-state index contributed by atoms with van der Waals surface area (Å²) in [6.45, 7) is 5.84. The molecule has 0 atom stereocenters. The summed E-state index contributed by atoms with van der Waals surface area (Å²) < 4.78 is 15.7. The van der Waals surface area contributed by atoms with Gasteiger partial charge in [0.15, 0.2) is 11.5 Å². The van der Waals surface area contributed by atoms with E-state index in [1.165, 1.54) is 0 Å². The Hall–Kier alpha value is -0.940. The van der Waals surface area contributed by atoms with E-state index in [-0.39, 0.29) is 6.61 Å². The standard InChI is InChI=1S/C14H19Cl2NO3/c1-10(15)9-20-14-12(16)6-11(7-13(14)19-3)8-17-4-5-18-2/h6-7,17H,1,4-5,8-9H2,2-3H3. The number of rotatable bonds is 9. The van der Waals surface area contributed by atoms with E-state index in [1.54, 1.807) is 14.2 Å². The quantitative estimate of drug-likeness (QED) is 0.709. The molecule has 1 aromatic rings. The maximum absolute atomic E-state index is 6.21. The van der Waals surface area contributed by atoms with Crippen molar-refractivity contribution in [2.75, 3.05) is 34.0 Å². The second kappa shape index (κ2) is 9.08. The van der Waals surface area contributed by atoms with Crippen molar-refractivity contribution in [2.24, 2.45) is 0 Å². The van der Waals surface area contributed by atoms with Crippen LogP contribution in [0.4, 0.5) is 0 Å². The molecule has 0 aliphatic carbocycles. The van der Waals surface area contributed by atoms with Crippen LogP contribution in [0.5, 0.6) is 11.5 Å². The smallest absolute Gasteiger partial charge is 0.180 e. The lowest BCUT2D eigenvalue weighted by Gasteiger charge is -2.14. The molecule has 0 aliphatic heterocycles. The van der Waals surface area contributed by atoms with Gasteiger partial charge in [0.05, 0.1) is 18.7 Å². The average molecular weight is 320 g/mol. The normalized spacial score (nSPS) is 10.4. The second-order valence-electron chi connectivity index (χ2n) is 4.08. The highest BCUT2D eigenvalue weighted by Gasteiger charge is 2.12. The number of hydrogen-bond donors (Lipinski definition) is 1. The zero-order valence-corrected chi connectivity index (χ0v) is 13.2. The molecule has 6 heteroatoms. The van der Waals surface area contributed by atoms with Crippen LogP contribution in [-0.2, 0) is 11.3 Å². The molecular formula is C14H19Cl2NO3. The van der Waals surface area contributed by atoms with Gasteiger partial charge in [0.2, 0.25) is 0 Å². The number of hydrogen-bond acceptors (Lipinski definition) is 4. The minimum Gasteiger partial charge on any atom is -0.493 e. The maximum Gasteiger partial charge on any atom is 0.180 e. The van der Waals surface area contributed by atoms with E-state index in [9.17, 15) is 0 Å². The van der Waals surface area contributed by atoms with Gasteiger partial charge < -0.3 is 19.5 Å². The van der Waals surface area contributed by atoms with Gasteiger partial charge in [-0.1, -0.05) is 29.8 Å². The zero-order chi connectivity index (χ0) is 15.0. The van der Waals surface area contributed by atoms with Crippen LogP contribution in [0.15, 0.2) is 23.7 Å². The summed E-state index contributed by atoms with van der Waals surface area (Å²) >= 11 is 11.9. The minimum atomic E-state index is 0.184. The first-order chi connectivity index (χ1) is 9.58. The van der Waals surface area contributed by atoms with E-state index < -0.39 is 0 Å². The van der Waals surface area contributed by atoms with Crippen molar-refractivity contribution in [3.8, 4) is 11.5 Å². The number of benzene rings is 1. The summed E-state index contributed by atoms with van der Waals surface area (Å²) in [5.74, 6) is 1.04. The third-order valence-corrected chi connectivity index (χ3v) is 2.86. The largest absolute Gasteiger partial charge is 0.493 e. The number of ether oxygens (including phenoxy) is 3. The fourth-order valence-corrected chi connectivity index (χ4v) is 1.92. The highest BCUT2D eigenvalue weighted by Crippen LogP contribution is 2.36. The van der Waals surface area contributed by atoms with Crippen molar-refractivity contribution in [3.63, 3.8) is 0 Å². The Balaban J connectivity index is 2.75. The molecule has 0 fully saturated rings. The van der Waals surface area contributed by atoms with Gasteiger partial charge in [-0.3, -0.25) is 0 Å². The Labute approximate surface area is 129 Å². The van der Waals surface area contributed by atoms with Crippen LogP contribution >= 0.6 is 23.2 Å². The summed E-state index contributed by atoms with van der Waals surface area (Å²) in [6.07, 6.45) is 0. The van der Waals surface area contributed by atoms with Gasteiger partial charge in [-0.2, -0.15) is 0 Å². The molecule has 0 spiro atoms. The number of halogens is 2. The van der Waals surface area contributed by atoms with E-state index >= 15 is 0 Å². The molecule has 20 heavy (non-hydrogen) atoms. The van der Waals surface area contributed by atoms with Gasteiger partial charge in [0.1, 0.15) is 6.61 Å². The van der Waals surface area contributed by atoms with Crippen LogP contribution in [0, 0.1) is 0 Å². The Morgan fingerprint density at radius 3 is 2.70 bits per heavy atom. The van der Waals surface area contributed by atoms with Crippen LogP contribution in [-0.4, -0.2) is 34.0 Å². The molecule has 0 unspecified atom stereocenters. The van der Waals surface area contributed by atoms with E-state index in [0.717, 1.165) is 12.1 Å². The van der Waals surface area contributed by atoms with E-state index in [0.29, 0.717) is 34.7 Å². The Bertz CT molecular complexity index is 452. The van der Waals surface area contributed by atoms with Crippen molar-refractivity contribution in [2.45, 2.75) is 6.54 Å². The van der Waals surface area contributed by atoms with Gasteiger partial charge in [0, 0.05) is 25.2 Å². The predicted octanol–water partition coefficient (Wildman–Crippen LogP) is 3.22. The first kappa shape index (κ1) is 17.1. The fraction of sp³-hybridized carbons (Fsp3) is 0.429. The zero-order valence-electron chi connectivity index (χ0n) is 11.7. The van der Waals surface area contributed by atoms with Gasteiger partial charge in [-0.15, -0.1) is 0 Å². The third kappa shape index (κ3) is 5.59. The molecule has 0 radical (unpaired) electrons. The maximum atomic E-state index is 6.21. The molecule has 0 saturated heterocycles. The minimum absolute atomic E-state index is 0.184. The van der Waals surface area contributed by atoms with Gasteiger partial charge in [0.25, 0.3) is 0 Å². The second-order valence-corrected chi connectivity index (χ2v) is 5.03. The van der Waals surface area contributed by atoms with Gasteiger partial charge in [-0.25, -0.2) is 0 Å². The van der Waals surface area contributed by atoms with Crippen LogP contribution in [0.3, 0.4) is 0 Å². The summed E-state index contributed by atoms with van der Waals surface area (Å²) in [5, 5.41) is 4.11. The fourth-order valence-electron chi connectivity index (χ4n) is 1.57. The van der Waals surface area contributed by atoms with E-state index in [4.69, 9.17) is 37.4 Å². The van der Waals surface area contributed by atoms with Crippen LogP contribution in [0.2, 0.25) is 5.02 Å². The van der Waals surface area contributed by atoms with Crippen LogP contribution < -0.4 is 14.8 Å².